The summed E-state index contributed by atoms with van der Waals surface area (Å²) < 4.78 is 40.8. The lowest BCUT2D eigenvalue weighted by molar-refractivity contribution is -0.121. The van der Waals surface area contributed by atoms with Crippen LogP contribution in [0.25, 0.3) is 0 Å². The Bertz CT molecular complexity index is 603. The Kier molecular flexibility index (Phi) is 5.17. The van der Waals surface area contributed by atoms with E-state index in [2.05, 4.69) is 5.32 Å². The van der Waals surface area contributed by atoms with Crippen LogP contribution in [0.3, 0.4) is 0 Å². The number of sulfone groups is 1. The summed E-state index contributed by atoms with van der Waals surface area (Å²) in [4.78, 5) is 11.7. The zero-order valence-corrected chi connectivity index (χ0v) is 12.4. The van der Waals surface area contributed by atoms with Crippen molar-refractivity contribution in [2.45, 2.75) is 12.8 Å². The Morgan fingerprint density at radius 3 is 2.90 bits per heavy atom. The van der Waals surface area contributed by atoms with Crippen molar-refractivity contribution in [1.82, 2.24) is 5.32 Å². The Balaban J connectivity index is 1.64. The van der Waals surface area contributed by atoms with E-state index in [1.165, 1.54) is 12.1 Å². The van der Waals surface area contributed by atoms with Crippen LogP contribution in [0.15, 0.2) is 24.3 Å². The summed E-state index contributed by atoms with van der Waals surface area (Å²) in [5.41, 5.74) is 0. The monoisotopic (exact) mass is 315 g/mol. The zero-order chi connectivity index (χ0) is 15.3. The van der Waals surface area contributed by atoms with Gasteiger partial charge >= 0.3 is 0 Å². The van der Waals surface area contributed by atoms with Crippen LogP contribution in [-0.2, 0) is 14.6 Å². The van der Waals surface area contributed by atoms with E-state index >= 15 is 0 Å². The number of rotatable bonds is 6. The van der Waals surface area contributed by atoms with Gasteiger partial charge in [-0.05, 0) is 24.5 Å². The predicted molar refractivity (Wildman–Crippen MR) is 76.3 cm³/mol. The van der Waals surface area contributed by atoms with Crippen molar-refractivity contribution in [1.29, 1.82) is 0 Å². The number of nitrogens with one attached hydrogen (secondary N) is 1. The summed E-state index contributed by atoms with van der Waals surface area (Å²) in [6.07, 6.45) is 0.773. The highest BCUT2D eigenvalue weighted by atomic mass is 32.2. The molecule has 1 N–H and O–H groups in total. The zero-order valence-electron chi connectivity index (χ0n) is 11.5. The summed E-state index contributed by atoms with van der Waals surface area (Å²) in [6, 6.07) is 5.77. The van der Waals surface area contributed by atoms with Crippen molar-refractivity contribution in [3.8, 4) is 5.75 Å². The van der Waals surface area contributed by atoms with Crippen molar-refractivity contribution in [2.24, 2.45) is 5.92 Å². The lowest BCUT2D eigenvalue weighted by atomic mass is 10.1. The largest absolute Gasteiger partial charge is 0.492 e. The summed E-state index contributed by atoms with van der Waals surface area (Å²) in [6.45, 7) is 0.535. The molecule has 1 heterocycles. The maximum absolute atomic E-state index is 12.9. The number of carbonyl (C=O) groups excluding carboxylic acids is 1. The molecule has 1 aliphatic heterocycles. The van der Waals surface area contributed by atoms with E-state index in [4.69, 9.17) is 4.74 Å². The molecular weight excluding hydrogens is 297 g/mol. The molecule has 21 heavy (non-hydrogen) atoms. The van der Waals surface area contributed by atoms with E-state index in [0.29, 0.717) is 18.7 Å². The molecule has 0 bridgehead atoms. The number of ether oxygens (including phenoxy) is 1. The van der Waals surface area contributed by atoms with Gasteiger partial charge in [-0.3, -0.25) is 4.79 Å². The molecular formula is C14H18FNO4S. The number of hydrogen-bond donors (Lipinski definition) is 1. The standard InChI is InChI=1S/C14H18FNO4S/c15-12-2-1-3-13(9-12)20-6-5-16-14(17)8-11-4-7-21(18,19)10-11/h1-3,9,11H,4-8,10H2,(H,16,17)/t11-/m1/s1. The fraction of sp³-hybridized carbons (Fsp3) is 0.500. The normalized spacial score (nSPS) is 20.1. The maximum atomic E-state index is 12.9. The van der Waals surface area contributed by atoms with Gasteiger partial charge in [-0.15, -0.1) is 0 Å². The van der Waals surface area contributed by atoms with Gasteiger partial charge in [0, 0.05) is 12.5 Å². The number of halogens is 1. The van der Waals surface area contributed by atoms with Gasteiger partial charge in [0.25, 0.3) is 0 Å². The van der Waals surface area contributed by atoms with Crippen LogP contribution >= 0.6 is 0 Å². The fourth-order valence-corrected chi connectivity index (χ4v) is 4.15. The minimum Gasteiger partial charge on any atom is -0.492 e. The highest BCUT2D eigenvalue weighted by molar-refractivity contribution is 7.91. The Hall–Kier alpha value is -1.63. The van der Waals surface area contributed by atoms with Crippen LogP contribution < -0.4 is 10.1 Å². The summed E-state index contributed by atoms with van der Waals surface area (Å²) in [7, 11) is -2.95. The first kappa shape index (κ1) is 15.8. The van der Waals surface area contributed by atoms with E-state index in [1.807, 2.05) is 0 Å². The first-order valence-electron chi connectivity index (χ1n) is 6.80. The quantitative estimate of drug-likeness (QED) is 0.799. The third-order valence-electron chi connectivity index (χ3n) is 3.29. The molecule has 0 unspecified atom stereocenters. The molecule has 1 saturated heterocycles. The van der Waals surface area contributed by atoms with Crippen molar-refractivity contribution < 1.29 is 22.3 Å². The van der Waals surface area contributed by atoms with Crippen molar-refractivity contribution in [3.05, 3.63) is 30.1 Å². The van der Waals surface area contributed by atoms with Crippen LogP contribution in [0.2, 0.25) is 0 Å². The molecule has 1 fully saturated rings. The van der Waals surface area contributed by atoms with E-state index in [9.17, 15) is 17.6 Å². The van der Waals surface area contributed by atoms with Gasteiger partial charge < -0.3 is 10.1 Å². The van der Waals surface area contributed by atoms with Crippen LogP contribution in [-0.4, -0.2) is 39.0 Å². The Labute approximate surface area is 123 Å². The van der Waals surface area contributed by atoms with Gasteiger partial charge in [-0.2, -0.15) is 0 Å². The van der Waals surface area contributed by atoms with Crippen LogP contribution in [0.4, 0.5) is 4.39 Å². The van der Waals surface area contributed by atoms with Gasteiger partial charge in [0.05, 0.1) is 18.1 Å². The molecule has 7 heteroatoms. The molecule has 1 atom stereocenters. The fourth-order valence-electron chi connectivity index (χ4n) is 2.28. The van der Waals surface area contributed by atoms with Gasteiger partial charge in [-0.25, -0.2) is 12.8 Å². The molecule has 1 aliphatic rings. The van der Waals surface area contributed by atoms with Gasteiger partial charge in [-0.1, -0.05) is 6.07 Å². The lowest BCUT2D eigenvalue weighted by Gasteiger charge is -2.10. The molecule has 0 saturated carbocycles. The summed E-state index contributed by atoms with van der Waals surface area (Å²) in [5, 5.41) is 2.67. The molecule has 1 amide bonds. The molecule has 0 aromatic heterocycles. The molecule has 5 nitrogen and oxygen atoms in total. The van der Waals surface area contributed by atoms with Gasteiger partial charge in [0.2, 0.25) is 5.91 Å². The minimum absolute atomic E-state index is 0.0841. The number of amides is 1. The van der Waals surface area contributed by atoms with Crippen LogP contribution in [0.5, 0.6) is 5.75 Å². The average molecular weight is 315 g/mol. The molecule has 0 aliphatic carbocycles. The molecule has 2 rings (SSSR count). The molecule has 1 aromatic carbocycles. The first-order chi connectivity index (χ1) is 9.94. The van der Waals surface area contributed by atoms with E-state index < -0.39 is 9.84 Å². The topological polar surface area (TPSA) is 72.5 Å². The Morgan fingerprint density at radius 1 is 1.43 bits per heavy atom. The van der Waals surface area contributed by atoms with E-state index in [1.54, 1.807) is 12.1 Å². The van der Waals surface area contributed by atoms with Crippen molar-refractivity contribution in [2.75, 3.05) is 24.7 Å². The second kappa shape index (κ2) is 6.89. The maximum Gasteiger partial charge on any atom is 0.220 e. The van der Waals surface area contributed by atoms with Crippen LogP contribution in [0, 0.1) is 11.7 Å². The average Bonchev–Trinajstić information content (AvgIpc) is 2.74. The molecule has 1 aromatic rings. The number of hydrogen-bond acceptors (Lipinski definition) is 4. The third-order valence-corrected chi connectivity index (χ3v) is 5.13. The second-order valence-electron chi connectivity index (χ2n) is 5.13. The van der Waals surface area contributed by atoms with E-state index in [0.717, 1.165) is 0 Å². The third kappa shape index (κ3) is 5.34. The molecule has 116 valence electrons. The summed E-state index contributed by atoms with van der Waals surface area (Å²) in [5.74, 6) is 0.0394. The highest BCUT2D eigenvalue weighted by Crippen LogP contribution is 2.21. The lowest BCUT2D eigenvalue weighted by Crippen LogP contribution is -2.29. The first-order valence-corrected chi connectivity index (χ1v) is 8.62. The summed E-state index contributed by atoms with van der Waals surface area (Å²) >= 11 is 0. The number of benzene rings is 1. The van der Waals surface area contributed by atoms with E-state index in [-0.39, 0.29) is 42.2 Å². The number of carbonyl (C=O) groups is 1. The van der Waals surface area contributed by atoms with Crippen LogP contribution in [0.1, 0.15) is 12.8 Å². The van der Waals surface area contributed by atoms with Gasteiger partial charge in [0.15, 0.2) is 9.84 Å². The van der Waals surface area contributed by atoms with Crippen molar-refractivity contribution in [3.63, 3.8) is 0 Å². The van der Waals surface area contributed by atoms with Crippen molar-refractivity contribution >= 4 is 15.7 Å². The minimum atomic E-state index is -2.95. The predicted octanol–water partition coefficient (Wildman–Crippen LogP) is 1.15. The molecule has 0 radical (unpaired) electrons. The Morgan fingerprint density at radius 2 is 2.24 bits per heavy atom. The smallest absolute Gasteiger partial charge is 0.220 e. The second-order valence-corrected chi connectivity index (χ2v) is 7.36. The highest BCUT2D eigenvalue weighted by Gasteiger charge is 2.29. The molecule has 0 spiro atoms. The van der Waals surface area contributed by atoms with Gasteiger partial charge in [0.1, 0.15) is 18.2 Å². The SMILES string of the molecule is O=C(C[C@H]1CCS(=O)(=O)C1)NCCOc1cccc(F)c1.